The number of hydrogen-bond donors (Lipinski definition) is 1. The molecule has 0 bridgehead atoms. The largest absolute Gasteiger partial charge is 0.497 e. The summed E-state index contributed by atoms with van der Waals surface area (Å²) in [5.41, 5.74) is 4.39. The standard InChI is InChI=1S/C17H16FNO/c1-11-15(9-12-3-6-14(20-2)7-4-12)16-10-13(18)5-8-17(16)19-11/h3-8,10,19H,9H2,1-2H3. The quantitative estimate of drug-likeness (QED) is 0.756. The van der Waals surface area contributed by atoms with Crippen molar-refractivity contribution in [1.82, 2.24) is 4.98 Å². The molecule has 0 aliphatic rings. The molecule has 0 saturated carbocycles. The maximum absolute atomic E-state index is 13.4. The average Bonchev–Trinajstić information content (AvgIpc) is 2.76. The van der Waals surface area contributed by atoms with E-state index in [1.54, 1.807) is 19.2 Å². The summed E-state index contributed by atoms with van der Waals surface area (Å²) in [7, 11) is 1.65. The maximum atomic E-state index is 13.4. The van der Waals surface area contributed by atoms with Crippen LogP contribution in [0.1, 0.15) is 16.8 Å². The Bertz CT molecular complexity index is 744. The van der Waals surface area contributed by atoms with Crippen LogP contribution in [-0.2, 0) is 6.42 Å². The van der Waals surface area contributed by atoms with Crippen molar-refractivity contribution >= 4 is 10.9 Å². The van der Waals surface area contributed by atoms with Crippen molar-refractivity contribution in [3.8, 4) is 5.75 Å². The first-order chi connectivity index (χ1) is 9.67. The fraction of sp³-hybridized carbons (Fsp3) is 0.176. The fourth-order valence-electron chi connectivity index (χ4n) is 2.53. The van der Waals surface area contributed by atoms with Gasteiger partial charge in [-0.25, -0.2) is 4.39 Å². The minimum Gasteiger partial charge on any atom is -0.497 e. The summed E-state index contributed by atoms with van der Waals surface area (Å²) in [4.78, 5) is 3.31. The topological polar surface area (TPSA) is 25.0 Å². The zero-order chi connectivity index (χ0) is 14.1. The van der Waals surface area contributed by atoms with Crippen LogP contribution in [0.3, 0.4) is 0 Å². The molecule has 3 heteroatoms. The third-order valence-corrected chi connectivity index (χ3v) is 3.62. The van der Waals surface area contributed by atoms with Crippen molar-refractivity contribution in [3.63, 3.8) is 0 Å². The molecule has 3 rings (SSSR count). The number of H-pyrrole nitrogens is 1. The minimum absolute atomic E-state index is 0.201. The number of aryl methyl sites for hydroxylation is 1. The second-order valence-electron chi connectivity index (χ2n) is 4.94. The van der Waals surface area contributed by atoms with Crippen molar-refractivity contribution in [3.05, 3.63) is 65.1 Å². The Morgan fingerprint density at radius 1 is 1.10 bits per heavy atom. The summed E-state index contributed by atoms with van der Waals surface area (Å²) in [6.07, 6.45) is 0.777. The van der Waals surface area contributed by atoms with Gasteiger partial charge in [0.25, 0.3) is 0 Å². The van der Waals surface area contributed by atoms with E-state index in [2.05, 4.69) is 4.98 Å². The Morgan fingerprint density at radius 2 is 1.85 bits per heavy atom. The van der Waals surface area contributed by atoms with Crippen LogP contribution in [-0.4, -0.2) is 12.1 Å². The van der Waals surface area contributed by atoms with E-state index in [0.29, 0.717) is 0 Å². The SMILES string of the molecule is COc1ccc(Cc2c(C)[nH]c3ccc(F)cc23)cc1. The molecule has 0 radical (unpaired) electrons. The van der Waals surface area contributed by atoms with Gasteiger partial charge < -0.3 is 9.72 Å². The normalized spacial score (nSPS) is 10.9. The van der Waals surface area contributed by atoms with E-state index >= 15 is 0 Å². The zero-order valence-electron chi connectivity index (χ0n) is 11.5. The molecule has 0 amide bonds. The molecule has 1 heterocycles. The molecule has 20 heavy (non-hydrogen) atoms. The molecule has 0 fully saturated rings. The smallest absolute Gasteiger partial charge is 0.123 e. The van der Waals surface area contributed by atoms with Gasteiger partial charge in [-0.3, -0.25) is 0 Å². The summed E-state index contributed by atoms with van der Waals surface area (Å²) < 4.78 is 18.6. The number of halogens is 1. The lowest BCUT2D eigenvalue weighted by Gasteiger charge is -2.04. The van der Waals surface area contributed by atoms with E-state index < -0.39 is 0 Å². The number of nitrogens with one attached hydrogen (secondary N) is 1. The van der Waals surface area contributed by atoms with E-state index in [4.69, 9.17) is 4.74 Å². The first-order valence-corrected chi connectivity index (χ1v) is 6.57. The van der Waals surface area contributed by atoms with E-state index in [9.17, 15) is 4.39 Å². The Labute approximate surface area is 117 Å². The molecule has 0 spiro atoms. The van der Waals surface area contributed by atoms with Crippen LogP contribution in [0, 0.1) is 12.7 Å². The first kappa shape index (κ1) is 12.7. The summed E-state index contributed by atoms with van der Waals surface area (Å²) in [5.74, 6) is 0.642. The van der Waals surface area contributed by atoms with Gasteiger partial charge in [-0.15, -0.1) is 0 Å². The van der Waals surface area contributed by atoms with Crippen LogP contribution in [0.15, 0.2) is 42.5 Å². The second kappa shape index (κ2) is 5.00. The van der Waals surface area contributed by atoms with Crippen LogP contribution < -0.4 is 4.74 Å². The van der Waals surface area contributed by atoms with Gasteiger partial charge in [-0.05, 0) is 54.8 Å². The highest BCUT2D eigenvalue weighted by Gasteiger charge is 2.10. The average molecular weight is 269 g/mol. The third kappa shape index (κ3) is 2.27. The van der Waals surface area contributed by atoms with Crippen LogP contribution in [0.2, 0.25) is 0 Å². The summed E-state index contributed by atoms with van der Waals surface area (Å²) in [5, 5.41) is 0.957. The zero-order valence-corrected chi connectivity index (χ0v) is 11.5. The number of aromatic amines is 1. The monoisotopic (exact) mass is 269 g/mol. The maximum Gasteiger partial charge on any atom is 0.123 e. The van der Waals surface area contributed by atoms with E-state index in [1.807, 2.05) is 31.2 Å². The number of methoxy groups -OCH3 is 1. The Balaban J connectivity index is 2.00. The van der Waals surface area contributed by atoms with Crippen molar-refractivity contribution in [2.75, 3.05) is 7.11 Å². The van der Waals surface area contributed by atoms with Crippen LogP contribution in [0.4, 0.5) is 4.39 Å². The molecule has 1 N–H and O–H groups in total. The molecule has 0 atom stereocenters. The number of ether oxygens (including phenoxy) is 1. The highest BCUT2D eigenvalue weighted by Crippen LogP contribution is 2.26. The number of hydrogen-bond acceptors (Lipinski definition) is 1. The lowest BCUT2D eigenvalue weighted by atomic mass is 10.0. The number of fused-ring (bicyclic) bond motifs is 1. The Hall–Kier alpha value is -2.29. The number of rotatable bonds is 3. The van der Waals surface area contributed by atoms with Crippen molar-refractivity contribution < 1.29 is 9.13 Å². The number of benzene rings is 2. The molecule has 2 nitrogen and oxygen atoms in total. The van der Waals surface area contributed by atoms with Gasteiger partial charge in [0.1, 0.15) is 11.6 Å². The number of aromatic nitrogens is 1. The van der Waals surface area contributed by atoms with Crippen molar-refractivity contribution in [1.29, 1.82) is 0 Å². The predicted octanol–water partition coefficient (Wildman–Crippen LogP) is 4.21. The lowest BCUT2D eigenvalue weighted by molar-refractivity contribution is 0.414. The fourth-order valence-corrected chi connectivity index (χ4v) is 2.53. The van der Waals surface area contributed by atoms with Crippen molar-refractivity contribution in [2.24, 2.45) is 0 Å². The highest BCUT2D eigenvalue weighted by molar-refractivity contribution is 5.85. The van der Waals surface area contributed by atoms with Crippen LogP contribution in [0.25, 0.3) is 10.9 Å². The summed E-state index contributed by atoms with van der Waals surface area (Å²) in [6.45, 7) is 2.02. The molecule has 0 aliphatic carbocycles. The molecule has 0 unspecified atom stereocenters. The van der Waals surface area contributed by atoms with E-state index in [-0.39, 0.29) is 5.82 Å². The molecule has 3 aromatic rings. The molecule has 102 valence electrons. The van der Waals surface area contributed by atoms with Gasteiger partial charge in [-0.2, -0.15) is 0 Å². The van der Waals surface area contributed by atoms with Crippen molar-refractivity contribution in [2.45, 2.75) is 13.3 Å². The lowest BCUT2D eigenvalue weighted by Crippen LogP contribution is -1.90. The van der Waals surface area contributed by atoms with E-state index in [0.717, 1.165) is 34.3 Å². The van der Waals surface area contributed by atoms with Crippen LogP contribution >= 0.6 is 0 Å². The summed E-state index contributed by atoms with van der Waals surface area (Å²) >= 11 is 0. The van der Waals surface area contributed by atoms with Gasteiger partial charge in [0.15, 0.2) is 0 Å². The Kier molecular flexibility index (Phi) is 3.18. The van der Waals surface area contributed by atoms with Crippen LogP contribution in [0.5, 0.6) is 5.75 Å². The molecule has 1 aromatic heterocycles. The molecule has 2 aromatic carbocycles. The van der Waals surface area contributed by atoms with Gasteiger partial charge in [-0.1, -0.05) is 12.1 Å². The van der Waals surface area contributed by atoms with Gasteiger partial charge in [0.2, 0.25) is 0 Å². The molecular formula is C17H16FNO. The van der Waals surface area contributed by atoms with Gasteiger partial charge in [0.05, 0.1) is 7.11 Å². The molecule has 0 saturated heterocycles. The Morgan fingerprint density at radius 3 is 2.55 bits per heavy atom. The first-order valence-electron chi connectivity index (χ1n) is 6.57. The third-order valence-electron chi connectivity index (χ3n) is 3.62. The van der Waals surface area contributed by atoms with Gasteiger partial charge in [0, 0.05) is 16.6 Å². The second-order valence-corrected chi connectivity index (χ2v) is 4.94. The minimum atomic E-state index is -0.201. The van der Waals surface area contributed by atoms with E-state index in [1.165, 1.54) is 11.6 Å². The molecular weight excluding hydrogens is 253 g/mol. The molecule has 0 aliphatic heterocycles. The summed E-state index contributed by atoms with van der Waals surface area (Å²) in [6, 6.07) is 12.8. The highest BCUT2D eigenvalue weighted by atomic mass is 19.1. The van der Waals surface area contributed by atoms with Gasteiger partial charge >= 0.3 is 0 Å². The predicted molar refractivity (Wildman–Crippen MR) is 78.8 cm³/mol.